The van der Waals surface area contributed by atoms with E-state index in [2.05, 4.69) is 34.7 Å². The number of nitrogens with one attached hydrogen (secondary N) is 1. The van der Waals surface area contributed by atoms with Crippen LogP contribution in [-0.4, -0.2) is 23.3 Å². The number of anilines is 2. The molecule has 0 bridgehead atoms. The summed E-state index contributed by atoms with van der Waals surface area (Å²) >= 11 is 1.62. The lowest BCUT2D eigenvalue weighted by Crippen LogP contribution is -2.06. The van der Waals surface area contributed by atoms with Crippen LogP contribution in [0, 0.1) is 5.82 Å². The molecule has 0 aliphatic carbocycles. The van der Waals surface area contributed by atoms with E-state index in [1.807, 2.05) is 29.8 Å². The molecular formula is C18H15FN3PS. The van der Waals surface area contributed by atoms with Crippen LogP contribution in [-0.2, 0) is 0 Å². The van der Waals surface area contributed by atoms with Gasteiger partial charge in [-0.05, 0) is 43.7 Å². The van der Waals surface area contributed by atoms with Gasteiger partial charge in [0.2, 0.25) is 0 Å². The minimum Gasteiger partial charge on any atom is -0.355 e. The Hall–Kier alpha value is -2.10. The molecule has 2 heterocycles. The van der Waals surface area contributed by atoms with Crippen LogP contribution in [0.15, 0.2) is 48.1 Å². The van der Waals surface area contributed by atoms with Crippen LogP contribution >= 0.6 is 19.3 Å². The highest BCUT2D eigenvalue weighted by Gasteiger charge is 2.11. The number of thiazole rings is 1. The Morgan fingerprint density at radius 3 is 2.75 bits per heavy atom. The predicted octanol–water partition coefficient (Wildman–Crippen LogP) is 5.09. The van der Waals surface area contributed by atoms with Crippen LogP contribution in [0.3, 0.4) is 0 Å². The molecule has 0 saturated carbocycles. The van der Waals surface area contributed by atoms with Crippen molar-refractivity contribution in [3.05, 3.63) is 53.9 Å². The molecular weight excluding hydrogens is 340 g/mol. The maximum atomic E-state index is 14.2. The lowest BCUT2D eigenvalue weighted by molar-refractivity contribution is 0.637. The third-order valence-electron chi connectivity index (χ3n) is 3.90. The first kappa shape index (κ1) is 15.4. The minimum absolute atomic E-state index is 0.174. The maximum Gasteiger partial charge on any atom is 0.133 e. The fourth-order valence-electron chi connectivity index (χ4n) is 2.70. The Bertz CT molecular complexity index is 1040. The van der Waals surface area contributed by atoms with Gasteiger partial charge >= 0.3 is 0 Å². The number of halogens is 1. The molecule has 3 nitrogen and oxygen atoms in total. The summed E-state index contributed by atoms with van der Waals surface area (Å²) in [5, 5.41) is 5.12. The Labute approximate surface area is 144 Å². The normalized spacial score (nSPS) is 11.5. The number of rotatable bonds is 3. The first-order valence-electron chi connectivity index (χ1n) is 7.48. The van der Waals surface area contributed by atoms with Crippen molar-refractivity contribution in [2.75, 3.05) is 18.6 Å². The maximum absolute atomic E-state index is 14.2. The fourth-order valence-corrected chi connectivity index (χ4v) is 4.24. The molecule has 120 valence electrons. The van der Waals surface area contributed by atoms with E-state index in [1.54, 1.807) is 17.5 Å². The van der Waals surface area contributed by atoms with Gasteiger partial charge in [0.1, 0.15) is 5.82 Å². The van der Waals surface area contributed by atoms with Crippen LogP contribution in [0.4, 0.5) is 15.8 Å². The average Bonchev–Trinajstić information content (AvgIpc) is 3.02. The molecule has 0 aliphatic heterocycles. The van der Waals surface area contributed by atoms with Crippen molar-refractivity contribution < 1.29 is 4.39 Å². The average molecular weight is 355 g/mol. The highest BCUT2D eigenvalue weighted by Crippen LogP contribution is 2.32. The Kier molecular flexibility index (Phi) is 3.91. The van der Waals surface area contributed by atoms with Crippen LogP contribution in [0.5, 0.6) is 0 Å². The van der Waals surface area contributed by atoms with E-state index in [-0.39, 0.29) is 5.82 Å². The van der Waals surface area contributed by atoms with Crippen molar-refractivity contribution in [2.24, 2.45) is 0 Å². The second-order valence-corrected chi connectivity index (χ2v) is 8.89. The molecule has 0 radical (unpaired) electrons. The zero-order valence-corrected chi connectivity index (χ0v) is 15.0. The van der Waals surface area contributed by atoms with E-state index in [0.29, 0.717) is 5.52 Å². The molecule has 6 heteroatoms. The topological polar surface area (TPSA) is 37.8 Å². The van der Waals surface area contributed by atoms with E-state index in [1.165, 1.54) is 6.07 Å². The van der Waals surface area contributed by atoms with Gasteiger partial charge in [-0.25, -0.2) is 9.37 Å². The summed E-state index contributed by atoms with van der Waals surface area (Å²) in [6.45, 7) is 4.11. The first-order valence-corrected chi connectivity index (χ1v) is 10.6. The number of aromatic nitrogens is 2. The molecule has 2 aromatic carbocycles. The molecule has 1 N–H and O–H groups in total. The summed E-state index contributed by atoms with van der Waals surface area (Å²) < 4.78 is 15.4. The summed E-state index contributed by atoms with van der Waals surface area (Å²) in [4.78, 5) is 8.65. The van der Waals surface area contributed by atoms with Crippen LogP contribution in [0.25, 0.3) is 21.1 Å². The van der Waals surface area contributed by atoms with Crippen molar-refractivity contribution in [3.8, 4) is 0 Å². The highest BCUT2D eigenvalue weighted by molar-refractivity contribution is 7.64. The standard InChI is InChI=1S/C18H15FN3PS/c1-23(2)17-8-12-14(5-6-20-15(12)9-13(17)19)22-11-3-4-18-16(7-11)21-10-24-18/h3-10H,1-2H3,(H,20,22). The third-order valence-corrected chi connectivity index (χ3v) is 6.02. The van der Waals surface area contributed by atoms with E-state index >= 15 is 0 Å². The number of hydrogen-bond acceptors (Lipinski definition) is 4. The third kappa shape index (κ3) is 2.74. The molecule has 0 atom stereocenters. The number of nitrogens with zero attached hydrogens (tertiary/aromatic N) is 2. The van der Waals surface area contributed by atoms with E-state index < -0.39 is 7.92 Å². The van der Waals surface area contributed by atoms with E-state index in [0.717, 1.165) is 32.3 Å². The molecule has 2 aromatic heterocycles. The number of fused-ring (bicyclic) bond motifs is 2. The highest BCUT2D eigenvalue weighted by atomic mass is 32.1. The summed E-state index contributed by atoms with van der Waals surface area (Å²) in [6.07, 6.45) is 1.70. The van der Waals surface area contributed by atoms with Crippen LogP contribution in [0.1, 0.15) is 0 Å². The lowest BCUT2D eigenvalue weighted by Gasteiger charge is -2.13. The van der Waals surface area contributed by atoms with Crippen LogP contribution < -0.4 is 10.6 Å². The van der Waals surface area contributed by atoms with Gasteiger partial charge in [0.15, 0.2) is 0 Å². The van der Waals surface area contributed by atoms with Gasteiger partial charge in [0.25, 0.3) is 0 Å². The quantitative estimate of drug-likeness (QED) is 0.520. The van der Waals surface area contributed by atoms with Crippen LogP contribution in [0.2, 0.25) is 0 Å². The summed E-state index contributed by atoms with van der Waals surface area (Å²) in [5.41, 5.74) is 5.36. The Morgan fingerprint density at radius 1 is 1.04 bits per heavy atom. The molecule has 0 saturated heterocycles. The summed E-state index contributed by atoms with van der Waals surface area (Å²) in [6, 6.07) is 11.5. The first-order chi connectivity index (χ1) is 11.6. The smallest absolute Gasteiger partial charge is 0.133 e. The van der Waals surface area contributed by atoms with Crippen molar-refractivity contribution in [1.82, 2.24) is 9.97 Å². The van der Waals surface area contributed by atoms with Gasteiger partial charge in [-0.1, -0.05) is 7.92 Å². The molecule has 4 rings (SSSR count). The zero-order valence-electron chi connectivity index (χ0n) is 13.2. The van der Waals surface area contributed by atoms with E-state index in [9.17, 15) is 4.39 Å². The van der Waals surface area contributed by atoms with Crippen molar-refractivity contribution >= 4 is 57.1 Å². The largest absolute Gasteiger partial charge is 0.355 e. The second-order valence-electron chi connectivity index (χ2n) is 5.73. The molecule has 4 aromatic rings. The molecule has 0 unspecified atom stereocenters. The Morgan fingerprint density at radius 2 is 1.92 bits per heavy atom. The number of benzene rings is 2. The lowest BCUT2D eigenvalue weighted by atomic mass is 10.1. The Balaban J connectivity index is 1.81. The summed E-state index contributed by atoms with van der Waals surface area (Å²) in [5.74, 6) is -0.174. The molecule has 0 spiro atoms. The second kappa shape index (κ2) is 6.08. The van der Waals surface area contributed by atoms with Crippen molar-refractivity contribution in [3.63, 3.8) is 0 Å². The summed E-state index contributed by atoms with van der Waals surface area (Å²) in [7, 11) is -0.518. The van der Waals surface area contributed by atoms with Crippen molar-refractivity contribution in [1.29, 1.82) is 0 Å². The molecule has 0 amide bonds. The SMILES string of the molecule is CP(C)c1cc2c(Nc3ccc4scnc4c3)ccnc2cc1F. The van der Waals surface area contributed by atoms with Gasteiger partial charge in [-0.3, -0.25) is 4.98 Å². The van der Waals surface area contributed by atoms with Gasteiger partial charge in [0, 0.05) is 34.3 Å². The van der Waals surface area contributed by atoms with Crippen molar-refractivity contribution in [2.45, 2.75) is 0 Å². The van der Waals surface area contributed by atoms with E-state index in [4.69, 9.17) is 0 Å². The fraction of sp³-hybridized carbons (Fsp3) is 0.111. The van der Waals surface area contributed by atoms with Gasteiger partial charge in [-0.2, -0.15) is 0 Å². The molecule has 0 aliphatic rings. The van der Waals surface area contributed by atoms with Gasteiger partial charge < -0.3 is 5.32 Å². The van der Waals surface area contributed by atoms with Gasteiger partial charge in [0.05, 0.1) is 21.2 Å². The minimum atomic E-state index is -0.518. The monoisotopic (exact) mass is 355 g/mol. The zero-order chi connectivity index (χ0) is 16.7. The number of hydrogen-bond donors (Lipinski definition) is 1. The molecule has 0 fully saturated rings. The molecule has 24 heavy (non-hydrogen) atoms. The van der Waals surface area contributed by atoms with Gasteiger partial charge in [-0.15, -0.1) is 11.3 Å². The predicted molar refractivity (Wildman–Crippen MR) is 103 cm³/mol. The number of pyridine rings is 1.